The molecule has 0 radical (unpaired) electrons. The van der Waals surface area contributed by atoms with Gasteiger partial charge in [-0.05, 0) is 12.5 Å². The fourth-order valence-corrected chi connectivity index (χ4v) is 1.19. The third-order valence-corrected chi connectivity index (χ3v) is 2.17. The maximum absolute atomic E-state index is 11.4. The molecule has 4 N–H and O–H groups in total. The minimum atomic E-state index is -0.0105. The van der Waals surface area contributed by atoms with Crippen LogP contribution >= 0.6 is 0 Å². The molecule has 1 atom stereocenters. The lowest BCUT2D eigenvalue weighted by molar-refractivity contribution is -0.117. The van der Waals surface area contributed by atoms with Gasteiger partial charge in [0, 0.05) is 12.6 Å². The molecule has 1 rings (SSSR count). The number of H-pyrrole nitrogens is 1. The zero-order chi connectivity index (χ0) is 10.4. The first kappa shape index (κ1) is 10.7. The minimum absolute atomic E-state index is 0.0105. The van der Waals surface area contributed by atoms with E-state index in [2.05, 4.69) is 15.5 Å². The summed E-state index contributed by atoms with van der Waals surface area (Å²) in [7, 11) is 0. The van der Waals surface area contributed by atoms with Crippen LogP contribution in [0.2, 0.25) is 0 Å². The molecule has 0 aliphatic rings. The van der Waals surface area contributed by atoms with Crippen LogP contribution in [0.1, 0.15) is 19.8 Å². The first-order valence-electron chi connectivity index (χ1n) is 4.75. The van der Waals surface area contributed by atoms with Crippen LogP contribution in [0.25, 0.3) is 0 Å². The molecule has 78 valence electrons. The van der Waals surface area contributed by atoms with Crippen molar-refractivity contribution in [1.82, 2.24) is 10.2 Å². The van der Waals surface area contributed by atoms with E-state index in [1.165, 1.54) is 0 Å². The van der Waals surface area contributed by atoms with Crippen molar-refractivity contribution in [3.05, 3.63) is 12.4 Å². The number of nitrogens with two attached hydrogens (primary N) is 1. The van der Waals surface area contributed by atoms with E-state index in [-0.39, 0.29) is 11.8 Å². The molecule has 0 aromatic carbocycles. The zero-order valence-electron chi connectivity index (χ0n) is 8.29. The van der Waals surface area contributed by atoms with Crippen LogP contribution in [0.15, 0.2) is 12.4 Å². The molecule has 1 aromatic heterocycles. The van der Waals surface area contributed by atoms with Gasteiger partial charge in [-0.25, -0.2) is 0 Å². The highest BCUT2D eigenvalue weighted by molar-refractivity contribution is 5.90. The van der Waals surface area contributed by atoms with Crippen LogP contribution in [0.5, 0.6) is 0 Å². The monoisotopic (exact) mass is 196 g/mol. The third kappa shape index (κ3) is 3.18. The molecule has 0 aliphatic carbocycles. The number of anilines is 1. The zero-order valence-corrected chi connectivity index (χ0v) is 8.29. The SMILES string of the molecule is CCC(CN)CC(=O)Nc1cn[nH]c1. The fourth-order valence-electron chi connectivity index (χ4n) is 1.19. The van der Waals surface area contributed by atoms with Crippen molar-refractivity contribution in [2.45, 2.75) is 19.8 Å². The molecule has 1 unspecified atom stereocenters. The molecular weight excluding hydrogens is 180 g/mol. The summed E-state index contributed by atoms with van der Waals surface area (Å²) >= 11 is 0. The van der Waals surface area contributed by atoms with Gasteiger partial charge in [-0.2, -0.15) is 5.10 Å². The molecule has 5 nitrogen and oxygen atoms in total. The Labute approximate surface area is 83.1 Å². The van der Waals surface area contributed by atoms with Crippen LogP contribution in [-0.2, 0) is 4.79 Å². The molecular formula is C9H16N4O. The minimum Gasteiger partial charge on any atom is -0.330 e. The lowest BCUT2D eigenvalue weighted by Crippen LogP contribution is -2.21. The molecule has 0 saturated carbocycles. The van der Waals surface area contributed by atoms with Gasteiger partial charge in [0.05, 0.1) is 11.9 Å². The van der Waals surface area contributed by atoms with Gasteiger partial charge in [0.15, 0.2) is 0 Å². The Morgan fingerprint density at radius 3 is 3.07 bits per heavy atom. The van der Waals surface area contributed by atoms with Gasteiger partial charge in [-0.3, -0.25) is 9.89 Å². The Balaban J connectivity index is 2.35. The number of hydrogen-bond donors (Lipinski definition) is 3. The summed E-state index contributed by atoms with van der Waals surface area (Å²) in [6.07, 6.45) is 4.61. The van der Waals surface area contributed by atoms with Crippen molar-refractivity contribution in [1.29, 1.82) is 0 Å². The van der Waals surface area contributed by atoms with Gasteiger partial charge >= 0.3 is 0 Å². The number of rotatable bonds is 5. The second-order valence-corrected chi connectivity index (χ2v) is 3.25. The smallest absolute Gasteiger partial charge is 0.224 e. The first-order valence-corrected chi connectivity index (χ1v) is 4.75. The second-order valence-electron chi connectivity index (χ2n) is 3.25. The standard InChI is InChI=1S/C9H16N4O/c1-2-7(4-10)3-9(14)13-8-5-11-12-6-8/h5-7H,2-4,10H2,1H3,(H,11,12)(H,13,14). The Bertz CT molecular complexity index is 266. The van der Waals surface area contributed by atoms with E-state index < -0.39 is 0 Å². The first-order chi connectivity index (χ1) is 6.76. The Hall–Kier alpha value is -1.36. The number of aromatic amines is 1. The van der Waals surface area contributed by atoms with Crippen molar-refractivity contribution in [2.24, 2.45) is 11.7 Å². The number of carbonyl (C=O) groups excluding carboxylic acids is 1. The Morgan fingerprint density at radius 1 is 1.79 bits per heavy atom. The molecule has 1 heterocycles. The molecule has 0 spiro atoms. The summed E-state index contributed by atoms with van der Waals surface area (Å²) in [6.45, 7) is 2.58. The van der Waals surface area contributed by atoms with Crippen LogP contribution < -0.4 is 11.1 Å². The number of nitrogens with one attached hydrogen (secondary N) is 2. The van der Waals surface area contributed by atoms with Crippen molar-refractivity contribution >= 4 is 11.6 Å². The summed E-state index contributed by atoms with van der Waals surface area (Å²) in [5, 5.41) is 9.09. The number of amides is 1. The predicted octanol–water partition coefficient (Wildman–Crippen LogP) is 0.723. The highest BCUT2D eigenvalue weighted by Gasteiger charge is 2.10. The lowest BCUT2D eigenvalue weighted by atomic mass is 10.0. The Kier molecular flexibility index (Phi) is 4.12. The van der Waals surface area contributed by atoms with E-state index in [4.69, 9.17) is 5.73 Å². The second kappa shape index (κ2) is 5.39. The molecule has 0 bridgehead atoms. The molecule has 14 heavy (non-hydrogen) atoms. The van der Waals surface area contributed by atoms with E-state index in [0.29, 0.717) is 18.7 Å². The van der Waals surface area contributed by atoms with E-state index in [1.807, 2.05) is 6.92 Å². The summed E-state index contributed by atoms with van der Waals surface area (Å²) < 4.78 is 0. The van der Waals surface area contributed by atoms with E-state index in [1.54, 1.807) is 12.4 Å². The summed E-state index contributed by atoms with van der Waals surface area (Å²) in [6, 6.07) is 0. The average Bonchev–Trinajstić information content (AvgIpc) is 2.66. The molecule has 0 fully saturated rings. The summed E-state index contributed by atoms with van der Waals surface area (Å²) in [5.41, 5.74) is 6.20. The molecule has 1 amide bonds. The van der Waals surface area contributed by atoms with E-state index in [9.17, 15) is 4.79 Å². The lowest BCUT2D eigenvalue weighted by Gasteiger charge is -2.10. The third-order valence-electron chi connectivity index (χ3n) is 2.17. The van der Waals surface area contributed by atoms with Crippen molar-refractivity contribution in [2.75, 3.05) is 11.9 Å². The largest absolute Gasteiger partial charge is 0.330 e. The predicted molar refractivity (Wildman–Crippen MR) is 54.7 cm³/mol. The van der Waals surface area contributed by atoms with Gasteiger partial charge in [0.25, 0.3) is 0 Å². The van der Waals surface area contributed by atoms with Crippen LogP contribution in [0.3, 0.4) is 0 Å². The molecule has 1 aromatic rings. The highest BCUT2D eigenvalue weighted by atomic mass is 16.1. The fraction of sp³-hybridized carbons (Fsp3) is 0.556. The normalized spacial score (nSPS) is 12.4. The van der Waals surface area contributed by atoms with Gasteiger partial charge in [-0.15, -0.1) is 0 Å². The van der Waals surface area contributed by atoms with Crippen molar-refractivity contribution < 1.29 is 4.79 Å². The van der Waals surface area contributed by atoms with Gasteiger partial charge < -0.3 is 11.1 Å². The molecule has 5 heteroatoms. The van der Waals surface area contributed by atoms with Gasteiger partial charge in [-0.1, -0.05) is 13.3 Å². The van der Waals surface area contributed by atoms with E-state index >= 15 is 0 Å². The van der Waals surface area contributed by atoms with Crippen LogP contribution in [0, 0.1) is 5.92 Å². The number of carbonyl (C=O) groups is 1. The van der Waals surface area contributed by atoms with E-state index in [0.717, 1.165) is 6.42 Å². The van der Waals surface area contributed by atoms with Gasteiger partial charge in [0.1, 0.15) is 0 Å². The highest BCUT2D eigenvalue weighted by Crippen LogP contribution is 2.08. The number of hydrogen-bond acceptors (Lipinski definition) is 3. The van der Waals surface area contributed by atoms with Crippen molar-refractivity contribution in [3.63, 3.8) is 0 Å². The molecule has 0 aliphatic heterocycles. The maximum atomic E-state index is 11.4. The summed E-state index contributed by atoms with van der Waals surface area (Å²) in [5.74, 6) is 0.255. The number of nitrogens with zero attached hydrogens (tertiary/aromatic N) is 1. The topological polar surface area (TPSA) is 83.8 Å². The van der Waals surface area contributed by atoms with Crippen molar-refractivity contribution in [3.8, 4) is 0 Å². The Morgan fingerprint density at radius 2 is 2.57 bits per heavy atom. The average molecular weight is 196 g/mol. The number of aromatic nitrogens is 2. The van der Waals surface area contributed by atoms with Crippen LogP contribution in [0.4, 0.5) is 5.69 Å². The molecule has 0 saturated heterocycles. The van der Waals surface area contributed by atoms with Gasteiger partial charge in [0.2, 0.25) is 5.91 Å². The quantitative estimate of drug-likeness (QED) is 0.649. The van der Waals surface area contributed by atoms with Crippen LogP contribution in [-0.4, -0.2) is 22.6 Å². The summed E-state index contributed by atoms with van der Waals surface area (Å²) in [4.78, 5) is 11.4. The maximum Gasteiger partial charge on any atom is 0.224 e.